The number of aromatic nitrogens is 1. The van der Waals surface area contributed by atoms with E-state index in [1.807, 2.05) is 84.0 Å². The van der Waals surface area contributed by atoms with Crippen molar-refractivity contribution in [2.75, 3.05) is 14.2 Å². The minimum atomic E-state index is -0.582. The number of ether oxygens (including phenoxy) is 3. The number of hydrogen-bond donors (Lipinski definition) is 1. The number of esters is 1. The Hall–Kier alpha value is -4.57. The number of pyridine rings is 1. The number of thioether (sulfide) groups is 1. The number of hydrogen-bond acceptors (Lipinski definition) is 9. The molecular formula is C32H32N4O5S. The summed E-state index contributed by atoms with van der Waals surface area (Å²) in [5.74, 6) is 0.466. The maximum Gasteiger partial charge on any atom is 0.338 e. The number of amidine groups is 1. The molecule has 0 saturated heterocycles. The predicted molar refractivity (Wildman–Crippen MR) is 161 cm³/mol. The summed E-state index contributed by atoms with van der Waals surface area (Å²) in [7, 11) is 2.94. The molecule has 2 aliphatic rings. The number of allylic oxidation sites excluding steroid dienone is 1. The van der Waals surface area contributed by atoms with Crippen LogP contribution in [-0.2, 0) is 27.5 Å². The third-order valence-electron chi connectivity index (χ3n) is 6.90. The van der Waals surface area contributed by atoms with Crippen molar-refractivity contribution in [3.05, 3.63) is 112 Å². The van der Waals surface area contributed by atoms with Crippen LogP contribution in [0.5, 0.6) is 11.5 Å². The normalized spacial score (nSPS) is 15.9. The molecule has 2 aliphatic heterocycles. The third-order valence-corrected chi connectivity index (χ3v) is 7.79. The maximum atomic E-state index is 13.2. The van der Waals surface area contributed by atoms with Crippen molar-refractivity contribution in [2.45, 2.75) is 39.0 Å². The van der Waals surface area contributed by atoms with Crippen LogP contribution in [0.4, 0.5) is 0 Å². The van der Waals surface area contributed by atoms with Crippen LogP contribution in [-0.4, -0.2) is 41.1 Å². The standard InChI is InChI=1S/C32H32N4O5S/c1-4-25-29(31(38)40-3)30(22-13-14-26(27(16-22)39-2)41-19-21-10-6-5-7-11-21)36-24(20-42-32(36)35-25)17-28(37)34-18-23-12-8-9-15-33-23/h5-16,20,30H,4,17-19H2,1-3H3,(H,34,37)/t30-/m1/s1. The number of amides is 1. The molecule has 1 amide bonds. The minimum absolute atomic E-state index is 0.0979. The third kappa shape index (κ3) is 6.33. The van der Waals surface area contributed by atoms with Gasteiger partial charge in [-0.15, -0.1) is 0 Å². The maximum absolute atomic E-state index is 13.2. The number of benzene rings is 2. The van der Waals surface area contributed by atoms with Crippen LogP contribution in [0.3, 0.4) is 0 Å². The summed E-state index contributed by atoms with van der Waals surface area (Å²) in [6.45, 7) is 2.65. The van der Waals surface area contributed by atoms with Gasteiger partial charge in [0.05, 0.1) is 50.2 Å². The van der Waals surface area contributed by atoms with Crippen LogP contribution in [0.1, 0.15) is 42.6 Å². The van der Waals surface area contributed by atoms with Gasteiger partial charge in [0.1, 0.15) is 6.61 Å². The highest BCUT2D eigenvalue weighted by Crippen LogP contribution is 2.46. The van der Waals surface area contributed by atoms with E-state index in [2.05, 4.69) is 10.3 Å². The zero-order valence-corrected chi connectivity index (χ0v) is 24.5. The van der Waals surface area contributed by atoms with Gasteiger partial charge in [-0.25, -0.2) is 9.79 Å². The molecule has 0 fully saturated rings. The smallest absolute Gasteiger partial charge is 0.338 e. The molecule has 216 valence electrons. The molecule has 0 aliphatic carbocycles. The van der Waals surface area contributed by atoms with Gasteiger partial charge in [0.15, 0.2) is 16.7 Å². The predicted octanol–water partition coefficient (Wildman–Crippen LogP) is 5.51. The van der Waals surface area contributed by atoms with E-state index >= 15 is 0 Å². The quantitative estimate of drug-likeness (QED) is 0.294. The topological polar surface area (TPSA) is 102 Å². The highest BCUT2D eigenvalue weighted by Gasteiger charge is 2.41. The first-order chi connectivity index (χ1) is 20.5. The van der Waals surface area contributed by atoms with Crippen molar-refractivity contribution in [1.82, 2.24) is 15.2 Å². The molecule has 1 aromatic heterocycles. The summed E-state index contributed by atoms with van der Waals surface area (Å²) in [4.78, 5) is 37.3. The van der Waals surface area contributed by atoms with Crippen LogP contribution in [0.2, 0.25) is 0 Å². The first-order valence-corrected chi connectivity index (χ1v) is 14.5. The van der Waals surface area contributed by atoms with E-state index in [-0.39, 0.29) is 12.3 Å². The average Bonchev–Trinajstić information content (AvgIpc) is 3.44. The van der Waals surface area contributed by atoms with Crippen LogP contribution in [0.25, 0.3) is 0 Å². The molecule has 0 spiro atoms. The Morgan fingerprint density at radius 3 is 2.55 bits per heavy atom. The Morgan fingerprint density at radius 2 is 1.83 bits per heavy atom. The number of carbonyl (C=O) groups excluding carboxylic acids is 2. The number of nitrogens with zero attached hydrogens (tertiary/aromatic N) is 3. The van der Waals surface area contributed by atoms with Gasteiger partial charge < -0.3 is 24.4 Å². The first-order valence-electron chi connectivity index (χ1n) is 13.6. The second kappa shape index (κ2) is 13.4. The molecule has 3 aromatic rings. The molecule has 5 rings (SSSR count). The largest absolute Gasteiger partial charge is 0.493 e. The van der Waals surface area contributed by atoms with Crippen molar-refractivity contribution in [2.24, 2.45) is 4.99 Å². The van der Waals surface area contributed by atoms with E-state index < -0.39 is 12.0 Å². The van der Waals surface area contributed by atoms with Crippen LogP contribution >= 0.6 is 11.8 Å². The summed E-state index contributed by atoms with van der Waals surface area (Å²) in [6, 6.07) is 20.5. The summed E-state index contributed by atoms with van der Waals surface area (Å²) in [5.41, 5.74) is 4.37. The van der Waals surface area contributed by atoms with Crippen molar-refractivity contribution < 1.29 is 23.8 Å². The summed E-state index contributed by atoms with van der Waals surface area (Å²) < 4.78 is 17.0. The second-order valence-corrected chi connectivity index (χ2v) is 10.4. The van der Waals surface area contributed by atoms with Gasteiger partial charge >= 0.3 is 5.97 Å². The van der Waals surface area contributed by atoms with Gasteiger partial charge in [0, 0.05) is 11.9 Å². The molecule has 42 heavy (non-hydrogen) atoms. The summed E-state index contributed by atoms with van der Waals surface area (Å²) in [5, 5.41) is 5.54. The number of methoxy groups -OCH3 is 2. The Labute approximate surface area is 249 Å². The number of fused-ring (bicyclic) bond motifs is 1. The molecule has 1 N–H and O–H groups in total. The van der Waals surface area contributed by atoms with Gasteiger partial charge in [-0.1, -0.05) is 61.2 Å². The molecule has 0 saturated carbocycles. The number of nitrogens with one attached hydrogen (secondary N) is 1. The van der Waals surface area contributed by atoms with E-state index in [0.29, 0.717) is 47.5 Å². The summed E-state index contributed by atoms with van der Waals surface area (Å²) >= 11 is 1.43. The van der Waals surface area contributed by atoms with Gasteiger partial charge in [-0.2, -0.15) is 0 Å². The van der Waals surface area contributed by atoms with Crippen molar-refractivity contribution in [3.63, 3.8) is 0 Å². The van der Waals surface area contributed by atoms with Gasteiger partial charge in [-0.3, -0.25) is 9.78 Å². The molecule has 3 heterocycles. The Balaban J connectivity index is 1.44. The average molecular weight is 585 g/mol. The monoisotopic (exact) mass is 584 g/mol. The lowest BCUT2D eigenvalue weighted by Gasteiger charge is -2.36. The fourth-order valence-corrected chi connectivity index (χ4v) is 5.79. The lowest BCUT2D eigenvalue weighted by atomic mass is 9.92. The van der Waals surface area contributed by atoms with Crippen LogP contribution in [0, 0.1) is 0 Å². The summed E-state index contributed by atoms with van der Waals surface area (Å²) in [6.07, 6.45) is 2.33. The van der Waals surface area contributed by atoms with Gasteiger partial charge in [0.2, 0.25) is 5.91 Å². The molecule has 9 nitrogen and oxygen atoms in total. The molecule has 0 bridgehead atoms. The Bertz CT molecular complexity index is 1540. The van der Waals surface area contributed by atoms with E-state index in [0.717, 1.165) is 22.5 Å². The Kier molecular flexibility index (Phi) is 9.23. The number of aliphatic imine (C=N–C) groups is 1. The highest BCUT2D eigenvalue weighted by atomic mass is 32.2. The zero-order valence-electron chi connectivity index (χ0n) is 23.7. The Morgan fingerprint density at radius 1 is 1.02 bits per heavy atom. The van der Waals surface area contributed by atoms with E-state index in [1.54, 1.807) is 13.3 Å². The van der Waals surface area contributed by atoms with Crippen LogP contribution in [0.15, 0.2) is 100 Å². The lowest BCUT2D eigenvalue weighted by molar-refractivity contribution is -0.136. The van der Waals surface area contributed by atoms with Crippen molar-refractivity contribution >= 4 is 28.8 Å². The number of rotatable bonds is 11. The molecule has 10 heteroatoms. The molecule has 2 aromatic carbocycles. The minimum Gasteiger partial charge on any atom is -0.493 e. The first kappa shape index (κ1) is 28.9. The van der Waals surface area contributed by atoms with E-state index in [1.165, 1.54) is 18.9 Å². The van der Waals surface area contributed by atoms with Gasteiger partial charge in [0.25, 0.3) is 0 Å². The highest BCUT2D eigenvalue weighted by molar-refractivity contribution is 8.16. The zero-order chi connectivity index (χ0) is 29.5. The van der Waals surface area contributed by atoms with E-state index in [4.69, 9.17) is 19.2 Å². The van der Waals surface area contributed by atoms with Crippen LogP contribution < -0.4 is 14.8 Å². The fourth-order valence-electron chi connectivity index (χ4n) is 4.86. The fraction of sp³-hybridized carbons (Fsp3) is 0.250. The van der Waals surface area contributed by atoms with Crippen molar-refractivity contribution in [1.29, 1.82) is 0 Å². The molecule has 1 atom stereocenters. The van der Waals surface area contributed by atoms with Crippen molar-refractivity contribution in [3.8, 4) is 11.5 Å². The van der Waals surface area contributed by atoms with E-state index in [9.17, 15) is 9.59 Å². The lowest BCUT2D eigenvalue weighted by Crippen LogP contribution is -2.38. The van der Waals surface area contributed by atoms with Gasteiger partial charge in [-0.05, 0) is 47.2 Å². The molecule has 0 radical (unpaired) electrons. The molecular weight excluding hydrogens is 552 g/mol. The SMILES string of the molecule is CCC1=C(C(=O)OC)[C@@H](c2ccc(OCc3ccccc3)c(OC)c2)N2C(CC(=O)NCc3ccccn3)=CSC2=N1. The number of carbonyl (C=O) groups is 2. The second-order valence-electron chi connectivity index (χ2n) is 9.56. The molecule has 0 unspecified atom stereocenters.